The van der Waals surface area contributed by atoms with Crippen LogP contribution in [0, 0.1) is 4.64 Å². The number of anilines is 1. The molecule has 13 nitrogen and oxygen atoms in total. The number of aromatic amines is 1. The summed E-state index contributed by atoms with van der Waals surface area (Å²) in [6.45, 7) is 4.68. The molecule has 5 unspecified atom stereocenters. The van der Waals surface area contributed by atoms with Gasteiger partial charge in [0.15, 0.2) is 22.4 Å². The maximum atomic E-state index is 13.1. The smallest absolute Gasteiger partial charge is 0.462 e. The zero-order valence-electron chi connectivity index (χ0n) is 20.4. The predicted molar refractivity (Wildman–Crippen MR) is 135 cm³/mol. The molecule has 1 aliphatic rings. The summed E-state index contributed by atoms with van der Waals surface area (Å²) in [7, 11) is -2.69. The van der Waals surface area contributed by atoms with E-state index >= 15 is 0 Å². The molecule has 198 valence electrons. The third-order valence-corrected chi connectivity index (χ3v) is 6.86. The Labute approximate surface area is 218 Å². The fourth-order valence-electron chi connectivity index (χ4n) is 3.67. The Bertz CT molecular complexity index is 1320. The van der Waals surface area contributed by atoms with Crippen LogP contribution in [-0.2, 0) is 23.4 Å². The van der Waals surface area contributed by atoms with Crippen molar-refractivity contribution < 1.29 is 33.3 Å². The van der Waals surface area contributed by atoms with Crippen molar-refractivity contribution in [3.63, 3.8) is 0 Å². The number of hydrogen-bond acceptors (Lipinski definition) is 11. The highest BCUT2D eigenvalue weighted by molar-refractivity contribution is 7.71. The van der Waals surface area contributed by atoms with E-state index in [9.17, 15) is 14.5 Å². The van der Waals surface area contributed by atoms with Gasteiger partial charge in [0.25, 0.3) is 0 Å². The first-order valence-corrected chi connectivity index (χ1v) is 13.1. The van der Waals surface area contributed by atoms with Gasteiger partial charge in [0.2, 0.25) is 0 Å². The van der Waals surface area contributed by atoms with E-state index in [1.54, 1.807) is 48.7 Å². The summed E-state index contributed by atoms with van der Waals surface area (Å²) >= 11 is 5.20. The number of aliphatic hydroxyl groups excluding tert-OH is 1. The highest BCUT2D eigenvalue weighted by Gasteiger charge is 2.45. The number of nitrogens with one attached hydrogen (secondary N) is 1. The van der Waals surface area contributed by atoms with Crippen LogP contribution in [0.1, 0.15) is 33.4 Å². The summed E-state index contributed by atoms with van der Waals surface area (Å²) in [4.78, 5) is 30.3. The summed E-state index contributed by atoms with van der Waals surface area (Å²) in [5.74, 6) is -0.152. The van der Waals surface area contributed by atoms with Crippen LogP contribution in [0.15, 0.2) is 36.7 Å². The number of nitrogens with two attached hydrogens (primary N) is 1. The standard InChI is InChI=1S/C22H27N6O7PS/c1-12(2)33-21(30)13(3)28(35-14-7-5-4-6-8-14)36(31)32-10-16-15(29)9-17(34-16)27-11-24-18-19(27)25-22(23)26-20(18)37/h4-8,11-13,15-17,29H,9-10H2,1-3H3,(H2-,23,25,26,37)/p+1. The minimum Gasteiger partial charge on any atom is -0.462 e. The number of benzene rings is 1. The van der Waals surface area contributed by atoms with E-state index in [0.29, 0.717) is 16.9 Å². The molecule has 1 aromatic carbocycles. The summed E-state index contributed by atoms with van der Waals surface area (Å²) in [5, 5.41) is 10.6. The molecule has 4 rings (SSSR count). The van der Waals surface area contributed by atoms with Gasteiger partial charge in [-0.3, -0.25) is 9.36 Å². The number of ether oxygens (including phenoxy) is 2. The van der Waals surface area contributed by atoms with Gasteiger partial charge in [0.05, 0.1) is 18.5 Å². The van der Waals surface area contributed by atoms with Gasteiger partial charge in [0, 0.05) is 6.42 Å². The number of rotatable bonds is 10. The first-order valence-electron chi connectivity index (χ1n) is 11.5. The highest BCUT2D eigenvalue weighted by atomic mass is 32.1. The second kappa shape index (κ2) is 11.6. The second-order valence-corrected chi connectivity index (χ2v) is 10.1. The molecule has 15 heteroatoms. The molecule has 3 heterocycles. The average Bonchev–Trinajstić information content (AvgIpc) is 3.44. The van der Waals surface area contributed by atoms with Gasteiger partial charge in [-0.25, -0.2) is 9.97 Å². The number of nitrogen functional groups attached to an aromatic ring is 1. The number of imidazole rings is 1. The molecule has 2 aromatic heterocycles. The number of carbonyl (C=O) groups is 1. The SMILES string of the molecule is CC(C)OC(=O)C(C)N(Oc1ccccc1)[P+](=O)OCC1OC(n2cnc3c(=S)nc(N)[nH]c32)CC1O. The van der Waals surface area contributed by atoms with Crippen LogP contribution in [0.3, 0.4) is 0 Å². The van der Waals surface area contributed by atoms with Crippen molar-refractivity contribution in [2.75, 3.05) is 12.3 Å². The average molecular weight is 552 g/mol. The van der Waals surface area contributed by atoms with E-state index in [1.165, 1.54) is 13.3 Å². The molecule has 0 saturated carbocycles. The molecule has 1 fully saturated rings. The van der Waals surface area contributed by atoms with Crippen molar-refractivity contribution >= 4 is 43.5 Å². The van der Waals surface area contributed by atoms with Crippen LogP contribution in [0.2, 0.25) is 0 Å². The summed E-state index contributed by atoms with van der Waals surface area (Å²) in [6.07, 6.45) is -1.02. The molecule has 1 aliphatic heterocycles. The van der Waals surface area contributed by atoms with Gasteiger partial charge in [-0.1, -0.05) is 30.4 Å². The fourth-order valence-corrected chi connectivity index (χ4v) is 4.84. The Morgan fingerprint density at radius 3 is 2.81 bits per heavy atom. The van der Waals surface area contributed by atoms with Crippen LogP contribution in [-0.4, -0.2) is 66.4 Å². The van der Waals surface area contributed by atoms with Crippen molar-refractivity contribution in [2.24, 2.45) is 0 Å². The van der Waals surface area contributed by atoms with E-state index in [2.05, 4.69) is 15.0 Å². The minimum atomic E-state index is -2.69. The molecular weight excluding hydrogens is 523 g/mol. The van der Waals surface area contributed by atoms with Crippen LogP contribution in [0.25, 0.3) is 11.2 Å². The number of nitrogens with zero attached hydrogens (tertiary/aromatic N) is 4. The van der Waals surface area contributed by atoms with Crippen LogP contribution in [0.4, 0.5) is 5.95 Å². The summed E-state index contributed by atoms with van der Waals surface area (Å²) < 4.78 is 31.8. The largest absolute Gasteiger partial charge is 0.653 e. The van der Waals surface area contributed by atoms with Crippen molar-refractivity contribution in [2.45, 2.75) is 57.8 Å². The fraction of sp³-hybridized carbons (Fsp3) is 0.455. The molecule has 0 amide bonds. The number of hydrogen-bond donors (Lipinski definition) is 3. The monoisotopic (exact) mass is 551 g/mol. The number of esters is 1. The molecule has 4 N–H and O–H groups in total. The first-order chi connectivity index (χ1) is 17.6. The topological polar surface area (TPSA) is 167 Å². The van der Waals surface area contributed by atoms with Crippen molar-refractivity contribution in [3.8, 4) is 5.75 Å². The maximum absolute atomic E-state index is 13.1. The van der Waals surface area contributed by atoms with Gasteiger partial charge < -0.3 is 30.1 Å². The number of aromatic nitrogens is 4. The van der Waals surface area contributed by atoms with Crippen molar-refractivity contribution in [3.05, 3.63) is 41.3 Å². The molecule has 3 aromatic rings. The van der Waals surface area contributed by atoms with Crippen molar-refractivity contribution in [1.82, 2.24) is 24.4 Å². The number of carbonyl (C=O) groups excluding carboxylic acids is 1. The zero-order chi connectivity index (χ0) is 26.7. The Balaban J connectivity index is 1.45. The Kier molecular flexibility index (Phi) is 8.47. The minimum absolute atomic E-state index is 0.123. The molecule has 0 bridgehead atoms. The number of para-hydroxylation sites is 1. The molecule has 5 atom stereocenters. The molecule has 0 radical (unpaired) electrons. The molecule has 37 heavy (non-hydrogen) atoms. The molecule has 0 spiro atoms. The zero-order valence-corrected chi connectivity index (χ0v) is 22.1. The number of hydroxylamine groups is 1. The normalized spacial score (nSPS) is 20.9. The lowest BCUT2D eigenvalue weighted by molar-refractivity contribution is -0.159. The van der Waals surface area contributed by atoms with Crippen LogP contribution < -0.4 is 10.6 Å². The third-order valence-electron chi connectivity index (χ3n) is 5.46. The summed E-state index contributed by atoms with van der Waals surface area (Å²) in [5.41, 5.74) is 6.72. The van der Waals surface area contributed by atoms with Gasteiger partial charge in [-0.15, -0.1) is 4.52 Å². The Morgan fingerprint density at radius 2 is 2.11 bits per heavy atom. The maximum Gasteiger partial charge on any atom is 0.653 e. The van der Waals surface area contributed by atoms with Gasteiger partial charge in [0.1, 0.15) is 34.9 Å². The van der Waals surface area contributed by atoms with E-state index in [4.69, 9.17) is 36.8 Å². The molecular formula is C22H28N6O7PS+. The number of fused-ring (bicyclic) bond motifs is 1. The van der Waals surface area contributed by atoms with E-state index in [0.717, 1.165) is 4.83 Å². The Hall–Kier alpha value is -3.00. The lowest BCUT2D eigenvalue weighted by atomic mass is 10.2. The first kappa shape index (κ1) is 27.0. The molecule has 1 saturated heterocycles. The van der Waals surface area contributed by atoms with Crippen molar-refractivity contribution in [1.29, 1.82) is 0 Å². The quantitative estimate of drug-likeness (QED) is 0.146. The Morgan fingerprint density at radius 1 is 1.38 bits per heavy atom. The third kappa shape index (κ3) is 6.29. The number of H-pyrrole nitrogens is 1. The lowest BCUT2D eigenvalue weighted by Crippen LogP contribution is -2.39. The molecule has 0 aliphatic carbocycles. The van der Waals surface area contributed by atoms with Gasteiger partial charge in [-0.2, -0.15) is 0 Å². The van der Waals surface area contributed by atoms with E-state index < -0.39 is 38.6 Å². The van der Waals surface area contributed by atoms with Crippen LogP contribution in [0.5, 0.6) is 5.75 Å². The van der Waals surface area contributed by atoms with E-state index in [-0.39, 0.29) is 29.7 Å². The highest BCUT2D eigenvalue weighted by Crippen LogP contribution is 2.36. The van der Waals surface area contributed by atoms with Gasteiger partial charge in [-0.05, 0) is 37.5 Å². The predicted octanol–water partition coefficient (Wildman–Crippen LogP) is 3.03. The van der Waals surface area contributed by atoms with Gasteiger partial charge >= 0.3 is 14.1 Å². The second-order valence-electron chi connectivity index (χ2n) is 8.61. The van der Waals surface area contributed by atoms with E-state index in [1.807, 2.05) is 0 Å². The summed E-state index contributed by atoms with van der Waals surface area (Å²) in [6, 6.07) is 7.51. The number of aliphatic hydroxyl groups is 1. The van der Waals surface area contributed by atoms with Crippen LogP contribution >= 0.6 is 20.4 Å². The lowest BCUT2D eigenvalue weighted by Gasteiger charge is -2.19.